The molecule has 0 radical (unpaired) electrons. The van der Waals surface area contributed by atoms with Gasteiger partial charge < -0.3 is 18.9 Å². The predicted octanol–water partition coefficient (Wildman–Crippen LogP) is 3.26. The van der Waals surface area contributed by atoms with E-state index in [9.17, 15) is 10.1 Å². The molecule has 0 aliphatic carbocycles. The third-order valence-electron chi connectivity index (χ3n) is 4.24. The lowest BCUT2D eigenvalue weighted by atomic mass is 9.81. The summed E-state index contributed by atoms with van der Waals surface area (Å²) >= 11 is 0. The van der Waals surface area contributed by atoms with Gasteiger partial charge in [0.15, 0.2) is 17.4 Å². The number of nitrogens with zero attached hydrogens (tertiary/aromatic N) is 1. The highest BCUT2D eigenvalue weighted by atomic mass is 16.7. The van der Waals surface area contributed by atoms with E-state index in [1.807, 2.05) is 18.2 Å². The van der Waals surface area contributed by atoms with Crippen molar-refractivity contribution in [1.29, 1.82) is 5.26 Å². The molecule has 2 atom stereocenters. The van der Waals surface area contributed by atoms with E-state index in [0.29, 0.717) is 17.2 Å². The second kappa shape index (κ2) is 7.79. The van der Waals surface area contributed by atoms with Crippen LogP contribution in [-0.2, 0) is 9.53 Å². The van der Waals surface area contributed by atoms with Gasteiger partial charge in [-0.05, 0) is 42.3 Å². The van der Waals surface area contributed by atoms with Gasteiger partial charge in [0.05, 0.1) is 19.8 Å². The third kappa shape index (κ3) is 3.42. The molecule has 6 heteroatoms. The van der Waals surface area contributed by atoms with Gasteiger partial charge in [-0.15, -0.1) is 0 Å². The van der Waals surface area contributed by atoms with Gasteiger partial charge in [-0.1, -0.05) is 18.2 Å². The first-order valence-electron chi connectivity index (χ1n) is 8.27. The van der Waals surface area contributed by atoms with Gasteiger partial charge in [-0.25, -0.2) is 0 Å². The van der Waals surface area contributed by atoms with Crippen LogP contribution in [0.4, 0.5) is 0 Å². The Morgan fingerprint density at radius 1 is 1.15 bits per heavy atom. The van der Waals surface area contributed by atoms with E-state index < -0.39 is 17.8 Å². The molecule has 0 spiro atoms. The number of esters is 1. The van der Waals surface area contributed by atoms with Gasteiger partial charge in [0.2, 0.25) is 6.79 Å². The highest BCUT2D eigenvalue weighted by Gasteiger charge is 2.33. The molecule has 2 aromatic rings. The quantitative estimate of drug-likeness (QED) is 0.742. The Hall–Kier alpha value is -3.20. The number of ether oxygens (including phenoxy) is 4. The van der Waals surface area contributed by atoms with Crippen LogP contribution in [0.25, 0.3) is 0 Å². The fourth-order valence-corrected chi connectivity index (χ4v) is 2.99. The number of rotatable bonds is 6. The van der Waals surface area contributed by atoms with E-state index >= 15 is 0 Å². The molecule has 0 saturated carbocycles. The zero-order chi connectivity index (χ0) is 18.5. The van der Waals surface area contributed by atoms with E-state index in [2.05, 4.69) is 6.07 Å². The fraction of sp³-hybridized carbons (Fsp3) is 0.300. The lowest BCUT2D eigenvalue weighted by Gasteiger charge is -2.22. The van der Waals surface area contributed by atoms with Gasteiger partial charge in [0, 0.05) is 5.92 Å². The molecule has 2 unspecified atom stereocenters. The fourth-order valence-electron chi connectivity index (χ4n) is 2.99. The van der Waals surface area contributed by atoms with Crippen LogP contribution >= 0.6 is 0 Å². The summed E-state index contributed by atoms with van der Waals surface area (Å²) in [7, 11) is 1.58. The van der Waals surface area contributed by atoms with Gasteiger partial charge >= 0.3 is 5.97 Å². The van der Waals surface area contributed by atoms with Crippen molar-refractivity contribution < 1.29 is 23.7 Å². The van der Waals surface area contributed by atoms with E-state index in [4.69, 9.17) is 18.9 Å². The zero-order valence-electron chi connectivity index (χ0n) is 14.6. The zero-order valence-corrected chi connectivity index (χ0v) is 14.6. The molecule has 0 amide bonds. The molecule has 0 N–H and O–H groups in total. The summed E-state index contributed by atoms with van der Waals surface area (Å²) in [6.07, 6.45) is 0. The summed E-state index contributed by atoms with van der Waals surface area (Å²) < 4.78 is 21.1. The second-order valence-corrected chi connectivity index (χ2v) is 5.72. The molecule has 0 aromatic heterocycles. The summed E-state index contributed by atoms with van der Waals surface area (Å²) in [6.45, 7) is 2.09. The number of carbonyl (C=O) groups excluding carboxylic acids is 1. The molecular formula is C20H19NO5. The first kappa shape index (κ1) is 17.6. The van der Waals surface area contributed by atoms with Crippen molar-refractivity contribution >= 4 is 5.97 Å². The Bertz CT molecular complexity index is 825. The summed E-state index contributed by atoms with van der Waals surface area (Å²) in [5.41, 5.74) is 1.59. The van der Waals surface area contributed by atoms with E-state index in [1.54, 1.807) is 38.3 Å². The first-order chi connectivity index (χ1) is 12.7. The highest BCUT2D eigenvalue weighted by molar-refractivity contribution is 5.77. The number of nitriles is 1. The lowest BCUT2D eigenvalue weighted by molar-refractivity contribution is -0.146. The Kier molecular flexibility index (Phi) is 5.28. The summed E-state index contributed by atoms with van der Waals surface area (Å²) in [4.78, 5) is 12.4. The number of hydrogen-bond acceptors (Lipinski definition) is 6. The molecule has 0 saturated heterocycles. The molecule has 134 valence electrons. The number of hydrogen-bond donors (Lipinski definition) is 0. The smallest absolute Gasteiger partial charge is 0.324 e. The molecule has 1 aliphatic rings. The number of fused-ring (bicyclic) bond motifs is 1. The first-order valence-corrected chi connectivity index (χ1v) is 8.27. The van der Waals surface area contributed by atoms with Crippen LogP contribution < -0.4 is 14.2 Å². The monoisotopic (exact) mass is 353 g/mol. The summed E-state index contributed by atoms with van der Waals surface area (Å²) in [6, 6.07) is 14.8. The van der Waals surface area contributed by atoms with Crippen LogP contribution in [0.3, 0.4) is 0 Å². The standard InChI is InChI=1S/C20H19NO5/c1-3-24-20(22)16(11-21)19(13-4-7-15(23-2)8-5-13)14-6-9-17-18(10-14)26-12-25-17/h4-10,16,19H,3,12H2,1-2H3. The van der Waals surface area contributed by atoms with E-state index in [-0.39, 0.29) is 13.4 Å². The minimum Gasteiger partial charge on any atom is -0.497 e. The van der Waals surface area contributed by atoms with Crippen molar-refractivity contribution in [1.82, 2.24) is 0 Å². The van der Waals surface area contributed by atoms with Crippen molar-refractivity contribution in [2.75, 3.05) is 20.5 Å². The molecule has 1 aliphatic heterocycles. The Labute approximate surface area is 151 Å². The minimum atomic E-state index is -0.983. The average molecular weight is 353 g/mol. The maximum absolute atomic E-state index is 12.4. The molecule has 0 fully saturated rings. The minimum absolute atomic E-state index is 0.158. The van der Waals surface area contributed by atoms with Crippen molar-refractivity contribution in [3.63, 3.8) is 0 Å². The van der Waals surface area contributed by atoms with Gasteiger partial charge in [0.1, 0.15) is 5.75 Å². The molecule has 6 nitrogen and oxygen atoms in total. The summed E-state index contributed by atoms with van der Waals surface area (Å²) in [5.74, 6) is -0.0899. The van der Waals surface area contributed by atoms with Crippen molar-refractivity contribution in [3.8, 4) is 23.3 Å². The Morgan fingerprint density at radius 3 is 2.50 bits per heavy atom. The van der Waals surface area contributed by atoms with Gasteiger partial charge in [0.25, 0.3) is 0 Å². The number of methoxy groups -OCH3 is 1. The largest absolute Gasteiger partial charge is 0.497 e. The maximum atomic E-state index is 12.4. The van der Waals surface area contributed by atoms with Crippen molar-refractivity contribution in [2.24, 2.45) is 5.92 Å². The van der Waals surface area contributed by atoms with Gasteiger partial charge in [-0.3, -0.25) is 4.79 Å². The lowest BCUT2D eigenvalue weighted by Crippen LogP contribution is -2.24. The SMILES string of the molecule is CCOC(=O)C(C#N)C(c1ccc(OC)cc1)c1ccc2c(c1)OCO2. The average Bonchev–Trinajstić information content (AvgIpc) is 3.14. The Balaban J connectivity index is 2.05. The second-order valence-electron chi connectivity index (χ2n) is 5.72. The number of carbonyl (C=O) groups is 1. The Morgan fingerprint density at radius 2 is 1.85 bits per heavy atom. The molecule has 2 aromatic carbocycles. The molecule has 26 heavy (non-hydrogen) atoms. The van der Waals surface area contributed by atoms with Crippen LogP contribution in [0.1, 0.15) is 24.0 Å². The predicted molar refractivity (Wildman–Crippen MR) is 93.1 cm³/mol. The topological polar surface area (TPSA) is 77.8 Å². The van der Waals surface area contributed by atoms with Crippen LogP contribution in [0.5, 0.6) is 17.2 Å². The van der Waals surface area contributed by atoms with Crippen molar-refractivity contribution in [2.45, 2.75) is 12.8 Å². The third-order valence-corrected chi connectivity index (χ3v) is 4.24. The molecule has 1 heterocycles. The van der Waals surface area contributed by atoms with E-state index in [1.165, 1.54) is 0 Å². The van der Waals surface area contributed by atoms with Crippen molar-refractivity contribution in [3.05, 3.63) is 53.6 Å². The molecule has 0 bridgehead atoms. The molecule has 3 rings (SSSR count). The van der Waals surface area contributed by atoms with Crippen LogP contribution in [-0.4, -0.2) is 26.5 Å². The summed E-state index contributed by atoms with van der Waals surface area (Å²) in [5, 5.41) is 9.68. The number of benzene rings is 2. The van der Waals surface area contributed by atoms with E-state index in [0.717, 1.165) is 11.1 Å². The molecular weight excluding hydrogens is 334 g/mol. The van der Waals surface area contributed by atoms with Crippen LogP contribution in [0, 0.1) is 17.2 Å². The van der Waals surface area contributed by atoms with Gasteiger partial charge in [-0.2, -0.15) is 5.26 Å². The van der Waals surface area contributed by atoms with Crippen LogP contribution in [0.15, 0.2) is 42.5 Å². The highest BCUT2D eigenvalue weighted by Crippen LogP contribution is 2.39. The maximum Gasteiger partial charge on any atom is 0.324 e. The van der Waals surface area contributed by atoms with Crippen LogP contribution in [0.2, 0.25) is 0 Å². The normalized spacial score (nSPS) is 14.2.